The van der Waals surface area contributed by atoms with Gasteiger partial charge in [0.15, 0.2) is 0 Å². The van der Waals surface area contributed by atoms with E-state index in [1.54, 1.807) is 0 Å². The zero-order valence-electron chi connectivity index (χ0n) is 12.2. The van der Waals surface area contributed by atoms with Crippen LogP contribution in [0.2, 0.25) is 0 Å². The summed E-state index contributed by atoms with van der Waals surface area (Å²) in [5, 5.41) is 0. The molecule has 1 aromatic carbocycles. The van der Waals surface area contributed by atoms with Gasteiger partial charge in [-0.25, -0.2) is 0 Å². The molecule has 0 saturated heterocycles. The van der Waals surface area contributed by atoms with Crippen LogP contribution in [0, 0.1) is 23.2 Å². The van der Waals surface area contributed by atoms with Gasteiger partial charge in [0, 0.05) is 12.0 Å². The Bertz CT molecular complexity index is 500. The van der Waals surface area contributed by atoms with Crippen molar-refractivity contribution in [3.8, 4) is 5.75 Å². The van der Waals surface area contributed by atoms with E-state index in [2.05, 4.69) is 24.3 Å². The summed E-state index contributed by atoms with van der Waals surface area (Å²) in [6.45, 7) is 1.57. The number of hydrogen-bond acceptors (Lipinski definition) is 2. The van der Waals surface area contributed by atoms with Crippen molar-refractivity contribution in [1.82, 2.24) is 0 Å². The third kappa shape index (κ3) is 2.05. The first-order valence-corrected chi connectivity index (χ1v) is 8.19. The molecule has 4 atom stereocenters. The van der Waals surface area contributed by atoms with Gasteiger partial charge >= 0.3 is 0 Å². The quantitative estimate of drug-likeness (QED) is 0.914. The summed E-state index contributed by atoms with van der Waals surface area (Å²) in [7, 11) is 0. The maximum atomic E-state index is 6.19. The molecular weight excluding hydrogens is 246 g/mol. The Morgan fingerprint density at radius 2 is 2.10 bits per heavy atom. The molecule has 1 heterocycles. The molecule has 2 aliphatic carbocycles. The summed E-state index contributed by atoms with van der Waals surface area (Å²) in [5.41, 5.74) is 7.73. The van der Waals surface area contributed by atoms with Crippen LogP contribution < -0.4 is 10.5 Å². The largest absolute Gasteiger partial charge is 0.493 e. The number of rotatable bonds is 3. The van der Waals surface area contributed by atoms with Gasteiger partial charge in [0.2, 0.25) is 0 Å². The van der Waals surface area contributed by atoms with E-state index in [1.165, 1.54) is 37.7 Å². The van der Waals surface area contributed by atoms with Crippen LogP contribution in [0.5, 0.6) is 5.75 Å². The van der Waals surface area contributed by atoms with Crippen LogP contribution in [0.1, 0.15) is 37.7 Å². The zero-order chi connectivity index (χ0) is 13.6. The maximum Gasteiger partial charge on any atom is 0.122 e. The fourth-order valence-corrected chi connectivity index (χ4v) is 5.00. The third-order valence-corrected chi connectivity index (χ3v) is 6.08. The molecule has 2 N–H and O–H groups in total. The third-order valence-electron chi connectivity index (χ3n) is 6.08. The van der Waals surface area contributed by atoms with Crippen molar-refractivity contribution in [1.29, 1.82) is 0 Å². The Kier molecular flexibility index (Phi) is 3.03. The molecule has 3 aliphatic rings. The normalized spacial score (nSPS) is 38.5. The fourth-order valence-electron chi connectivity index (χ4n) is 5.00. The predicted molar refractivity (Wildman–Crippen MR) is 80.7 cm³/mol. The molecular formula is C18H25NO. The minimum absolute atomic E-state index is 0.184. The van der Waals surface area contributed by atoms with Crippen molar-refractivity contribution in [3.05, 3.63) is 29.8 Å². The molecule has 0 amide bonds. The van der Waals surface area contributed by atoms with Crippen LogP contribution in [-0.4, -0.2) is 13.2 Å². The van der Waals surface area contributed by atoms with Gasteiger partial charge in [-0.3, -0.25) is 0 Å². The zero-order valence-corrected chi connectivity index (χ0v) is 12.2. The van der Waals surface area contributed by atoms with Gasteiger partial charge in [0.25, 0.3) is 0 Å². The average Bonchev–Trinajstić information content (AvgIpc) is 3.09. The van der Waals surface area contributed by atoms with E-state index in [0.29, 0.717) is 0 Å². The number of hydrogen-bond donors (Lipinski definition) is 1. The van der Waals surface area contributed by atoms with E-state index in [0.717, 1.165) is 43.1 Å². The summed E-state index contributed by atoms with van der Waals surface area (Å²) in [6.07, 6.45) is 8.27. The molecule has 2 fully saturated rings. The summed E-state index contributed by atoms with van der Waals surface area (Å²) in [6, 6.07) is 8.48. The molecule has 1 aromatic rings. The summed E-state index contributed by atoms with van der Waals surface area (Å²) >= 11 is 0. The molecule has 1 aliphatic heterocycles. The van der Waals surface area contributed by atoms with Crippen molar-refractivity contribution in [2.45, 2.75) is 38.5 Å². The van der Waals surface area contributed by atoms with Crippen LogP contribution >= 0.6 is 0 Å². The molecule has 0 aromatic heterocycles. The van der Waals surface area contributed by atoms with Crippen LogP contribution in [0.3, 0.4) is 0 Å². The van der Waals surface area contributed by atoms with Crippen molar-refractivity contribution < 1.29 is 4.74 Å². The highest BCUT2D eigenvalue weighted by Crippen LogP contribution is 2.52. The molecule has 2 bridgehead atoms. The molecule has 0 radical (unpaired) electrons. The van der Waals surface area contributed by atoms with Gasteiger partial charge in [0.1, 0.15) is 5.75 Å². The molecule has 4 unspecified atom stereocenters. The minimum Gasteiger partial charge on any atom is -0.493 e. The Morgan fingerprint density at radius 1 is 1.20 bits per heavy atom. The van der Waals surface area contributed by atoms with E-state index in [9.17, 15) is 0 Å². The highest BCUT2D eigenvalue weighted by atomic mass is 16.5. The molecule has 2 saturated carbocycles. The Hall–Kier alpha value is -1.02. The topological polar surface area (TPSA) is 35.2 Å². The standard InChI is InChI=1S/C18H25NO/c19-11-18(10-16-8-13-5-6-14(16)7-13)9-15-3-1-2-4-17(15)20-12-18/h1-4,13-14,16H,5-12,19H2. The molecule has 0 spiro atoms. The van der Waals surface area contributed by atoms with Gasteiger partial charge < -0.3 is 10.5 Å². The average molecular weight is 271 g/mol. The second-order valence-electron chi connectivity index (χ2n) is 7.42. The van der Waals surface area contributed by atoms with Crippen molar-refractivity contribution >= 4 is 0 Å². The van der Waals surface area contributed by atoms with Gasteiger partial charge in [-0.2, -0.15) is 0 Å². The molecule has 20 heavy (non-hydrogen) atoms. The SMILES string of the molecule is NCC1(CC2CC3CCC2C3)COc2ccccc2C1. The Labute approximate surface area is 121 Å². The van der Waals surface area contributed by atoms with E-state index in [-0.39, 0.29) is 5.41 Å². The molecule has 2 nitrogen and oxygen atoms in total. The highest BCUT2D eigenvalue weighted by Gasteiger charge is 2.44. The lowest BCUT2D eigenvalue weighted by molar-refractivity contribution is 0.0844. The van der Waals surface area contributed by atoms with E-state index in [1.807, 2.05) is 0 Å². The van der Waals surface area contributed by atoms with Gasteiger partial charge in [-0.1, -0.05) is 24.6 Å². The smallest absolute Gasteiger partial charge is 0.122 e. The summed E-state index contributed by atoms with van der Waals surface area (Å²) in [4.78, 5) is 0. The number of fused-ring (bicyclic) bond motifs is 3. The van der Waals surface area contributed by atoms with Crippen LogP contribution in [0.25, 0.3) is 0 Å². The first-order chi connectivity index (χ1) is 9.78. The lowest BCUT2D eigenvalue weighted by Gasteiger charge is -2.40. The summed E-state index contributed by atoms with van der Waals surface area (Å²) in [5.74, 6) is 3.99. The first-order valence-electron chi connectivity index (χ1n) is 8.19. The fraction of sp³-hybridized carbons (Fsp3) is 0.667. The minimum atomic E-state index is 0.184. The Balaban J connectivity index is 1.53. The first kappa shape index (κ1) is 12.7. The second kappa shape index (κ2) is 4.77. The highest BCUT2D eigenvalue weighted by molar-refractivity contribution is 5.36. The predicted octanol–water partition coefficient (Wildman–Crippen LogP) is 3.39. The number of ether oxygens (including phenoxy) is 1. The maximum absolute atomic E-state index is 6.19. The molecule has 4 rings (SSSR count). The van der Waals surface area contributed by atoms with Crippen molar-refractivity contribution in [2.24, 2.45) is 28.9 Å². The van der Waals surface area contributed by atoms with Crippen LogP contribution in [-0.2, 0) is 6.42 Å². The molecule has 2 heteroatoms. The Morgan fingerprint density at radius 3 is 2.85 bits per heavy atom. The monoisotopic (exact) mass is 271 g/mol. The lowest BCUT2D eigenvalue weighted by atomic mass is 9.70. The summed E-state index contributed by atoms with van der Waals surface area (Å²) < 4.78 is 6.04. The second-order valence-corrected chi connectivity index (χ2v) is 7.42. The number of benzene rings is 1. The molecule has 108 valence electrons. The van der Waals surface area contributed by atoms with E-state index < -0.39 is 0 Å². The van der Waals surface area contributed by atoms with Gasteiger partial charge in [0.05, 0.1) is 6.61 Å². The van der Waals surface area contributed by atoms with E-state index in [4.69, 9.17) is 10.5 Å². The lowest BCUT2D eigenvalue weighted by Crippen LogP contribution is -2.43. The number of nitrogens with two attached hydrogens (primary N) is 1. The van der Waals surface area contributed by atoms with Crippen LogP contribution in [0.15, 0.2) is 24.3 Å². The van der Waals surface area contributed by atoms with Gasteiger partial charge in [-0.05, 0) is 61.5 Å². The van der Waals surface area contributed by atoms with E-state index >= 15 is 0 Å². The van der Waals surface area contributed by atoms with Crippen LogP contribution in [0.4, 0.5) is 0 Å². The van der Waals surface area contributed by atoms with Gasteiger partial charge in [-0.15, -0.1) is 0 Å². The number of para-hydroxylation sites is 1. The van der Waals surface area contributed by atoms with Crippen molar-refractivity contribution in [3.63, 3.8) is 0 Å². The van der Waals surface area contributed by atoms with Crippen molar-refractivity contribution in [2.75, 3.05) is 13.2 Å².